The smallest absolute Gasteiger partial charge is 0.339 e. The van der Waals surface area contributed by atoms with Crippen LogP contribution in [-0.4, -0.2) is 46.8 Å². The van der Waals surface area contributed by atoms with Crippen LogP contribution in [0.1, 0.15) is 51.2 Å². The van der Waals surface area contributed by atoms with Crippen LogP contribution in [-0.2, 0) is 15.8 Å². The highest BCUT2D eigenvalue weighted by Gasteiger charge is 2.44. The molecule has 1 aliphatic rings. The predicted octanol–water partition coefficient (Wildman–Crippen LogP) is 3.67. The molecule has 1 aromatic carbocycles. The van der Waals surface area contributed by atoms with Gasteiger partial charge in [-0.1, -0.05) is 25.1 Å². The Morgan fingerprint density at radius 3 is 2.42 bits per heavy atom. The first kappa shape index (κ1) is 20.3. The summed E-state index contributed by atoms with van der Waals surface area (Å²) in [5.74, 6) is -1.04. The highest BCUT2D eigenvalue weighted by atomic mass is 19.4. The van der Waals surface area contributed by atoms with E-state index < -0.39 is 23.2 Å². The maximum absolute atomic E-state index is 13.2. The third-order valence-electron chi connectivity index (χ3n) is 5.04. The number of piperazine rings is 1. The third kappa shape index (κ3) is 3.86. The summed E-state index contributed by atoms with van der Waals surface area (Å²) < 4.78 is 39.6. The molecule has 0 spiro atoms. The van der Waals surface area contributed by atoms with Gasteiger partial charge < -0.3 is 9.80 Å². The van der Waals surface area contributed by atoms with E-state index in [4.69, 9.17) is 0 Å². The van der Waals surface area contributed by atoms with E-state index in [2.05, 4.69) is 0 Å². The number of likely N-dealkylation sites (N-methyl/N-ethyl adjacent to an activating group) is 1. The number of benzene rings is 1. The minimum absolute atomic E-state index is 0.0735. The van der Waals surface area contributed by atoms with Crippen LogP contribution in [0.4, 0.5) is 13.2 Å². The van der Waals surface area contributed by atoms with Crippen molar-refractivity contribution in [2.45, 2.75) is 51.7 Å². The van der Waals surface area contributed by atoms with E-state index in [1.165, 1.54) is 17.0 Å². The van der Waals surface area contributed by atoms with Crippen molar-refractivity contribution in [2.75, 3.05) is 19.6 Å². The lowest BCUT2D eigenvalue weighted by Crippen LogP contribution is -2.64. The Balaban J connectivity index is 2.19. The largest absolute Gasteiger partial charge is 0.416 e. The first-order valence-corrected chi connectivity index (χ1v) is 8.76. The number of carbonyl (C=O) groups is 2. The van der Waals surface area contributed by atoms with Gasteiger partial charge in [0.2, 0.25) is 11.8 Å². The van der Waals surface area contributed by atoms with Crippen molar-refractivity contribution in [3.63, 3.8) is 0 Å². The van der Waals surface area contributed by atoms with E-state index in [-0.39, 0.29) is 23.8 Å². The normalized spacial score (nSPS) is 18.8. The molecule has 1 fully saturated rings. The Bertz CT molecular complexity index is 686. The molecule has 0 N–H and O–H groups in total. The van der Waals surface area contributed by atoms with Crippen LogP contribution < -0.4 is 0 Å². The summed E-state index contributed by atoms with van der Waals surface area (Å²) in [6, 6.07) is 5.32. The van der Waals surface area contributed by atoms with Gasteiger partial charge in [-0.2, -0.15) is 13.2 Å². The van der Waals surface area contributed by atoms with Gasteiger partial charge >= 0.3 is 6.18 Å². The summed E-state index contributed by atoms with van der Waals surface area (Å²) in [6.07, 6.45) is -4.54. The lowest BCUT2D eigenvalue weighted by molar-refractivity contribution is -0.158. The molecular weight excluding hydrogens is 345 g/mol. The predicted molar refractivity (Wildman–Crippen MR) is 92.5 cm³/mol. The van der Waals surface area contributed by atoms with Gasteiger partial charge in [-0.25, -0.2) is 0 Å². The average molecular weight is 370 g/mol. The number of hydrogen-bond donors (Lipinski definition) is 0. The number of nitrogens with zero attached hydrogens (tertiary/aromatic N) is 2. The van der Waals surface area contributed by atoms with Gasteiger partial charge in [0.15, 0.2) is 0 Å². The molecule has 0 saturated carbocycles. The van der Waals surface area contributed by atoms with E-state index >= 15 is 0 Å². The van der Waals surface area contributed by atoms with Crippen molar-refractivity contribution in [1.82, 2.24) is 9.80 Å². The zero-order valence-corrected chi connectivity index (χ0v) is 15.6. The quantitative estimate of drug-likeness (QED) is 0.811. The first-order chi connectivity index (χ1) is 12.0. The summed E-state index contributed by atoms with van der Waals surface area (Å²) >= 11 is 0. The molecule has 26 heavy (non-hydrogen) atoms. The topological polar surface area (TPSA) is 40.6 Å². The number of hydrogen-bond acceptors (Lipinski definition) is 2. The van der Waals surface area contributed by atoms with Crippen LogP contribution in [0.3, 0.4) is 0 Å². The molecule has 1 aromatic rings. The molecule has 1 saturated heterocycles. The minimum Gasteiger partial charge on any atom is -0.339 e. The Hall–Kier alpha value is -2.05. The fourth-order valence-electron chi connectivity index (χ4n) is 3.51. The van der Waals surface area contributed by atoms with Crippen molar-refractivity contribution in [2.24, 2.45) is 0 Å². The van der Waals surface area contributed by atoms with Gasteiger partial charge in [0.05, 0.1) is 5.56 Å². The Morgan fingerprint density at radius 2 is 1.85 bits per heavy atom. The molecule has 1 atom stereocenters. The molecule has 0 radical (unpaired) electrons. The molecule has 2 rings (SSSR count). The molecule has 7 heteroatoms. The highest BCUT2D eigenvalue weighted by molar-refractivity contribution is 5.92. The van der Waals surface area contributed by atoms with Crippen LogP contribution in [0.5, 0.6) is 0 Å². The van der Waals surface area contributed by atoms with Gasteiger partial charge in [0, 0.05) is 26.1 Å². The number of halogens is 3. The van der Waals surface area contributed by atoms with Crippen molar-refractivity contribution >= 4 is 11.8 Å². The maximum atomic E-state index is 13.2. The lowest BCUT2D eigenvalue weighted by atomic mass is 9.90. The molecule has 4 nitrogen and oxygen atoms in total. The van der Waals surface area contributed by atoms with E-state index in [0.29, 0.717) is 19.6 Å². The van der Waals surface area contributed by atoms with Crippen LogP contribution >= 0.6 is 0 Å². The van der Waals surface area contributed by atoms with Gasteiger partial charge in [0.25, 0.3) is 0 Å². The molecule has 1 heterocycles. The Morgan fingerprint density at radius 1 is 1.23 bits per heavy atom. The van der Waals surface area contributed by atoms with Crippen LogP contribution in [0, 0.1) is 0 Å². The van der Waals surface area contributed by atoms with Crippen molar-refractivity contribution in [1.29, 1.82) is 0 Å². The van der Waals surface area contributed by atoms with Gasteiger partial charge in [-0.3, -0.25) is 9.59 Å². The van der Waals surface area contributed by atoms with Crippen LogP contribution in [0.15, 0.2) is 24.3 Å². The molecular formula is C19H25F3N2O2. The van der Waals surface area contributed by atoms with Crippen molar-refractivity contribution < 1.29 is 22.8 Å². The second-order valence-corrected chi connectivity index (χ2v) is 7.18. The molecule has 1 aliphatic heterocycles. The van der Waals surface area contributed by atoms with E-state index in [0.717, 1.165) is 6.07 Å². The third-order valence-corrected chi connectivity index (χ3v) is 5.04. The van der Waals surface area contributed by atoms with Gasteiger partial charge in [-0.05, 0) is 38.3 Å². The van der Waals surface area contributed by atoms with Crippen molar-refractivity contribution in [3.05, 3.63) is 35.4 Å². The Labute approximate surface area is 152 Å². The molecule has 0 aliphatic carbocycles. The minimum atomic E-state index is -4.46. The van der Waals surface area contributed by atoms with Crippen LogP contribution in [0.25, 0.3) is 0 Å². The number of amides is 2. The van der Waals surface area contributed by atoms with Gasteiger partial charge in [0.1, 0.15) is 5.54 Å². The van der Waals surface area contributed by atoms with E-state index in [1.54, 1.807) is 31.7 Å². The summed E-state index contributed by atoms with van der Waals surface area (Å²) in [5.41, 5.74) is -1.61. The van der Waals surface area contributed by atoms with E-state index in [9.17, 15) is 22.8 Å². The summed E-state index contributed by atoms with van der Waals surface area (Å²) in [5, 5.41) is 0. The number of alkyl halides is 3. The maximum Gasteiger partial charge on any atom is 0.416 e. The zero-order chi connectivity index (χ0) is 19.7. The van der Waals surface area contributed by atoms with Crippen LogP contribution in [0.2, 0.25) is 0 Å². The second kappa shape index (κ2) is 7.29. The standard InChI is InChI=1S/C19H25F3N2O2/c1-5-23-10-11-24(18(3,4)17(23)26)16(25)12-13(2)14-8-6-7-9-15(14)19(20,21)22/h6-9,13H,5,10-12H2,1-4H3. The second-order valence-electron chi connectivity index (χ2n) is 7.18. The zero-order valence-electron chi connectivity index (χ0n) is 15.6. The SMILES string of the molecule is CCN1CCN(C(=O)CC(C)c2ccccc2C(F)(F)F)C(C)(C)C1=O. The molecule has 0 bridgehead atoms. The lowest BCUT2D eigenvalue weighted by Gasteiger charge is -2.46. The van der Waals surface area contributed by atoms with Crippen molar-refractivity contribution in [3.8, 4) is 0 Å². The average Bonchev–Trinajstić information content (AvgIpc) is 2.56. The summed E-state index contributed by atoms with van der Waals surface area (Å²) in [7, 11) is 0. The molecule has 144 valence electrons. The van der Waals surface area contributed by atoms with Gasteiger partial charge in [-0.15, -0.1) is 0 Å². The number of rotatable bonds is 4. The summed E-state index contributed by atoms with van der Waals surface area (Å²) in [6.45, 7) is 8.25. The molecule has 0 aromatic heterocycles. The highest BCUT2D eigenvalue weighted by Crippen LogP contribution is 2.36. The Kier molecular flexibility index (Phi) is 5.68. The van der Waals surface area contributed by atoms with E-state index in [1.807, 2.05) is 6.92 Å². The first-order valence-electron chi connectivity index (χ1n) is 8.76. The molecule has 2 amide bonds. The summed E-state index contributed by atoms with van der Waals surface area (Å²) in [4.78, 5) is 28.5. The fourth-order valence-corrected chi connectivity index (χ4v) is 3.51. The number of carbonyl (C=O) groups excluding carboxylic acids is 2. The fraction of sp³-hybridized carbons (Fsp3) is 0.579. The monoisotopic (exact) mass is 370 g/mol. The molecule has 1 unspecified atom stereocenters.